The number of hydrogen-bond donors (Lipinski definition) is 16. The first-order valence-electron chi connectivity index (χ1n) is 38.5. The Bertz CT molecular complexity index is 4680. The fraction of sp³-hybridized carbons (Fsp3) is 0.432. The minimum atomic E-state index is -1.71. The number of halogens is 2. The van der Waals surface area contributed by atoms with Gasteiger partial charge in [0, 0.05) is 32.1 Å². The number of hydrogen-bond acceptors (Lipinski definition) is 25. The summed E-state index contributed by atoms with van der Waals surface area (Å²) in [7, 11) is 0. The lowest BCUT2D eigenvalue weighted by Crippen LogP contribution is -2.65. The molecule has 8 aromatic carbocycles. The Kier molecular flexibility index (Phi) is 28.9. The predicted octanol–water partition coefficient (Wildman–Crippen LogP) is 7.02. The largest absolute Gasteiger partial charge is 0.494 e. The molecule has 0 amide bonds. The van der Waals surface area contributed by atoms with Gasteiger partial charge in [0.25, 0.3) is 0 Å². The molecule has 6 aliphatic rings. The molecule has 7 heterocycles. The van der Waals surface area contributed by atoms with E-state index in [9.17, 15) is 86.1 Å². The third-order valence-corrected chi connectivity index (χ3v) is 25.4. The molecule has 5 fully saturated rings. The van der Waals surface area contributed by atoms with Crippen LogP contribution in [0.25, 0.3) is 10.1 Å². The Balaban J connectivity index is 0.000000142. The van der Waals surface area contributed by atoms with Gasteiger partial charge in [-0.05, 0) is 198 Å². The fourth-order valence-electron chi connectivity index (χ4n) is 15.6. The van der Waals surface area contributed by atoms with Crippen LogP contribution in [-0.4, -0.2) is 224 Å². The van der Waals surface area contributed by atoms with E-state index in [4.69, 9.17) is 44.8 Å². The van der Waals surface area contributed by atoms with Crippen molar-refractivity contribution in [1.82, 2.24) is 0 Å². The number of thioether (sulfide) groups is 1. The Morgan fingerprint density at radius 2 is 1.11 bits per heavy atom. The molecule has 16 N–H and O–H groups in total. The van der Waals surface area contributed by atoms with Crippen molar-refractivity contribution >= 4 is 44.8 Å². The molecule has 27 heteroatoms. The predicted molar refractivity (Wildman–Crippen MR) is 429 cm³/mol. The maximum absolute atomic E-state index is 14.4. The molecule has 5 saturated heterocycles. The lowest BCUT2D eigenvalue weighted by atomic mass is 9.83. The molecule has 9 aromatic rings. The molecule has 1 aromatic heterocycles. The van der Waals surface area contributed by atoms with Gasteiger partial charge in [0.1, 0.15) is 102 Å². The van der Waals surface area contributed by atoms with E-state index in [1.807, 2.05) is 106 Å². The van der Waals surface area contributed by atoms with Crippen molar-refractivity contribution in [3.63, 3.8) is 0 Å². The highest BCUT2D eigenvalue weighted by Gasteiger charge is 2.67. The molecule has 15 rings (SSSR count). The van der Waals surface area contributed by atoms with Gasteiger partial charge in [-0.25, -0.2) is 4.39 Å². The van der Waals surface area contributed by atoms with Crippen molar-refractivity contribution in [1.29, 1.82) is 0 Å². The van der Waals surface area contributed by atoms with E-state index < -0.39 is 139 Å². The summed E-state index contributed by atoms with van der Waals surface area (Å²) >= 11 is 9.32. The zero-order valence-electron chi connectivity index (χ0n) is 64.3. The van der Waals surface area contributed by atoms with E-state index in [0.717, 1.165) is 89.4 Å². The first-order valence-corrected chi connectivity index (χ1v) is 40.7. The molecule has 23 nitrogen and oxygen atoms in total. The Morgan fingerprint density at radius 3 is 1.75 bits per heavy atom. The number of ether oxygens (including phenoxy) is 7. The number of aliphatic hydroxyl groups excluding tert-OH is 16. The van der Waals surface area contributed by atoms with E-state index in [0.29, 0.717) is 59.8 Å². The number of rotatable bonds is 20. The van der Waals surface area contributed by atoms with Crippen LogP contribution in [0.15, 0.2) is 170 Å². The van der Waals surface area contributed by atoms with Crippen LogP contribution < -0.4 is 9.47 Å². The van der Waals surface area contributed by atoms with Crippen LogP contribution >= 0.6 is 34.7 Å². The van der Waals surface area contributed by atoms with Crippen molar-refractivity contribution < 1.29 is 119 Å². The quantitative estimate of drug-likeness (QED) is 0.0364. The Labute approximate surface area is 679 Å². The second kappa shape index (κ2) is 38.0. The number of benzene rings is 8. The van der Waals surface area contributed by atoms with Crippen LogP contribution in [0.4, 0.5) is 4.39 Å². The van der Waals surface area contributed by atoms with Crippen LogP contribution in [0.1, 0.15) is 120 Å². The summed E-state index contributed by atoms with van der Waals surface area (Å²) in [5, 5.41) is 162. The number of aryl methyl sites for hydroxylation is 3. The van der Waals surface area contributed by atoms with Crippen molar-refractivity contribution in [3.05, 3.63) is 269 Å². The van der Waals surface area contributed by atoms with Gasteiger partial charge >= 0.3 is 0 Å². The molecular formula is C88H102ClFO23S2. The second-order valence-electron chi connectivity index (χ2n) is 29.9. The van der Waals surface area contributed by atoms with Crippen LogP contribution in [0.5, 0.6) is 11.5 Å². The monoisotopic (exact) mass is 1640 g/mol. The fourth-order valence-corrected chi connectivity index (χ4v) is 18.4. The van der Waals surface area contributed by atoms with E-state index >= 15 is 0 Å². The van der Waals surface area contributed by atoms with Gasteiger partial charge in [0.15, 0.2) is 0 Å². The summed E-state index contributed by atoms with van der Waals surface area (Å²) in [6, 6.07) is 53.6. The molecule has 0 unspecified atom stereocenters. The van der Waals surface area contributed by atoms with E-state index in [1.165, 1.54) is 35.0 Å². The molecule has 2 bridgehead atoms. The SMILES string of the molecule is CCOc1ccc(Cc2cc([C@@H]3S[C@H](CO)[C@@H](O)[C@H](O)[C@H]3O)c(C)cc2C)cc1.CCOc1ccc(Cc2cc([C@]34OC[C@](CO)(O3)[C@@H](O)[C@H](O)[C@H]4O)ccc2Cl)cc1.CCc1ccc(Cc2ccc3c(c2)[C@]2(OC3)O[C@H](CO)[C@@H](O)[C@H](O)[C@H]2O)cc1.OC[C@H]1O[C@@H](c2ccc(F)c(Cc3cc4ccccc4s3)c2)[C@H](O)[C@@H](O)[C@@H]1O. The first-order chi connectivity index (χ1) is 55.2. The summed E-state index contributed by atoms with van der Waals surface area (Å²) in [5.74, 6) is -2.04. The normalized spacial score (nSPS) is 30.0. The smallest absolute Gasteiger partial charge is 0.225 e. The molecule has 0 saturated carbocycles. The van der Waals surface area contributed by atoms with E-state index in [-0.39, 0.29) is 25.6 Å². The molecule has 115 heavy (non-hydrogen) atoms. The van der Waals surface area contributed by atoms with Crippen LogP contribution in [0.2, 0.25) is 5.02 Å². The lowest BCUT2D eigenvalue weighted by Gasteiger charge is -2.46. The van der Waals surface area contributed by atoms with Crippen molar-refractivity contribution in [3.8, 4) is 11.5 Å². The summed E-state index contributed by atoms with van der Waals surface area (Å²) in [5.41, 5.74) is 12.0. The number of fused-ring (bicyclic) bond motifs is 5. The number of thiophene rings is 1. The third kappa shape index (κ3) is 18.6. The minimum Gasteiger partial charge on any atom is -0.494 e. The van der Waals surface area contributed by atoms with Gasteiger partial charge in [-0.2, -0.15) is 0 Å². The molecule has 1 spiro atoms. The zero-order chi connectivity index (χ0) is 82.4. The van der Waals surface area contributed by atoms with Gasteiger partial charge in [0.05, 0.1) is 75.6 Å². The van der Waals surface area contributed by atoms with Gasteiger partial charge in [0.2, 0.25) is 11.6 Å². The van der Waals surface area contributed by atoms with E-state index in [1.54, 1.807) is 35.6 Å². The third-order valence-electron chi connectivity index (χ3n) is 22.3. The average molecular weight is 1650 g/mol. The summed E-state index contributed by atoms with van der Waals surface area (Å²) < 4.78 is 55.4. The minimum absolute atomic E-state index is 0.171. The van der Waals surface area contributed by atoms with E-state index in [2.05, 4.69) is 62.4 Å². The molecule has 0 aliphatic carbocycles. The highest BCUT2D eigenvalue weighted by Crippen LogP contribution is 2.51. The summed E-state index contributed by atoms with van der Waals surface area (Å²) in [6.07, 6.45) is -16.4. The van der Waals surface area contributed by atoms with Crippen molar-refractivity contribution in [2.24, 2.45) is 0 Å². The molecule has 20 atom stereocenters. The standard InChI is InChI=1S/C23H30O5S.C22H25ClO7.C22H26O6.C21H21FO5S/c1-4-28-17-7-5-15(6-8-17)10-16-11-18(14(3)9-13(16)2)23-22(27)21(26)20(25)19(12-24)29-23;1-2-28-16-6-3-13(4-7-16)9-14-10-15(5-8-17(14)23)22-20(27)18(25)19(26)21(11-24,30-22)12-29-22;1-2-13-3-5-14(6-4-13)9-15-7-8-16-12-27-22(17(16)10-15)21(26)20(25)19(24)18(11-23)28-22;22-15-6-5-12(21-20(26)19(25)18(24)16(10-23)27-21)7-13(15)9-14-8-11-3-1-2-4-17(11)28-14/h5-9,11,19-27H,4,10,12H2,1-3H3;3-8,10,18-20,24-27H,2,9,11-12H2,1H3;3-8,10,18-21,23-26H,2,9,11-12H2,1H3;1-8,16,18-21,23-26H,9-10H2/t19-,20-,21+,22-,23+;18-,19-,20+,21-,22-;18-,19-,20+,21-,22+;16-,18-,19+,20-,21+/m1011/s1. The average Bonchev–Trinajstić information content (AvgIpc) is 1.57. The molecule has 6 aliphatic heterocycles. The van der Waals surface area contributed by atoms with Crippen LogP contribution in [0.3, 0.4) is 0 Å². The van der Waals surface area contributed by atoms with Crippen LogP contribution in [-0.2, 0) is 74.0 Å². The van der Waals surface area contributed by atoms with Crippen molar-refractivity contribution in [2.75, 3.05) is 46.2 Å². The molecular weight excluding hydrogens is 1540 g/mol. The van der Waals surface area contributed by atoms with Crippen LogP contribution in [0, 0.1) is 19.7 Å². The molecule has 618 valence electrons. The highest BCUT2D eigenvalue weighted by molar-refractivity contribution is 8.00. The first kappa shape index (κ1) is 87.4. The zero-order valence-corrected chi connectivity index (χ0v) is 66.6. The maximum Gasteiger partial charge on any atom is 0.225 e. The van der Waals surface area contributed by atoms with Gasteiger partial charge in [-0.15, -0.1) is 23.1 Å². The second-order valence-corrected chi connectivity index (χ2v) is 32.9. The summed E-state index contributed by atoms with van der Waals surface area (Å²) in [6.45, 7) is 9.53. The number of aliphatic hydroxyl groups is 16. The lowest BCUT2D eigenvalue weighted by molar-refractivity contribution is -0.368. The topological polar surface area (TPSA) is 388 Å². The maximum atomic E-state index is 14.4. The van der Waals surface area contributed by atoms with Gasteiger partial charge in [-0.1, -0.05) is 122 Å². The Morgan fingerprint density at radius 1 is 0.504 bits per heavy atom. The van der Waals surface area contributed by atoms with Gasteiger partial charge < -0.3 is 115 Å². The molecule has 0 radical (unpaired) electrons. The Hall–Kier alpha value is -6.95. The van der Waals surface area contributed by atoms with Crippen molar-refractivity contribution in [2.45, 2.75) is 193 Å². The highest BCUT2D eigenvalue weighted by atomic mass is 35.5. The summed E-state index contributed by atoms with van der Waals surface area (Å²) in [4.78, 5) is 1.01. The van der Waals surface area contributed by atoms with Gasteiger partial charge in [-0.3, -0.25) is 0 Å².